The van der Waals surface area contributed by atoms with Crippen molar-refractivity contribution < 1.29 is 19.0 Å². The quantitative estimate of drug-likeness (QED) is 0.534. The first-order chi connectivity index (χ1) is 13.0. The standard InChI is InChI=1S/C21H26N2O4/c1-5-25-18-10-8-17(9-11-18)21(24)23-22-14-16-7-12-19(27-15(3)4)20(13-16)26-6-2/h7-15H,5-6H2,1-4H3,(H,23,24)/b22-14-. The van der Waals surface area contributed by atoms with Crippen molar-refractivity contribution in [1.29, 1.82) is 0 Å². The summed E-state index contributed by atoms with van der Waals surface area (Å²) in [6.45, 7) is 8.86. The molecule has 0 aliphatic carbocycles. The van der Waals surface area contributed by atoms with Crippen molar-refractivity contribution >= 4 is 12.1 Å². The second-order valence-corrected chi connectivity index (χ2v) is 5.96. The molecule has 0 aromatic heterocycles. The molecule has 2 rings (SSSR count). The number of carbonyl (C=O) groups is 1. The highest BCUT2D eigenvalue weighted by Gasteiger charge is 2.08. The fourth-order valence-electron chi connectivity index (χ4n) is 2.32. The first-order valence-electron chi connectivity index (χ1n) is 9.03. The lowest BCUT2D eigenvalue weighted by Gasteiger charge is -2.14. The fourth-order valence-corrected chi connectivity index (χ4v) is 2.32. The Hall–Kier alpha value is -3.02. The smallest absolute Gasteiger partial charge is 0.271 e. The van der Waals surface area contributed by atoms with Crippen molar-refractivity contribution in [2.45, 2.75) is 33.8 Å². The molecule has 1 N–H and O–H groups in total. The molecule has 0 saturated carbocycles. The van der Waals surface area contributed by atoms with Crippen LogP contribution in [0.25, 0.3) is 0 Å². The van der Waals surface area contributed by atoms with Gasteiger partial charge in [-0.15, -0.1) is 0 Å². The van der Waals surface area contributed by atoms with E-state index in [-0.39, 0.29) is 12.0 Å². The first-order valence-corrected chi connectivity index (χ1v) is 9.03. The summed E-state index contributed by atoms with van der Waals surface area (Å²) in [5.74, 6) is 1.76. The van der Waals surface area contributed by atoms with Gasteiger partial charge in [0.25, 0.3) is 5.91 Å². The van der Waals surface area contributed by atoms with E-state index in [2.05, 4.69) is 10.5 Å². The van der Waals surface area contributed by atoms with E-state index in [1.807, 2.05) is 45.9 Å². The van der Waals surface area contributed by atoms with E-state index in [1.54, 1.807) is 30.5 Å². The summed E-state index contributed by atoms with van der Waals surface area (Å²) in [5, 5.41) is 4.02. The number of benzene rings is 2. The highest BCUT2D eigenvalue weighted by molar-refractivity contribution is 5.95. The Labute approximate surface area is 160 Å². The van der Waals surface area contributed by atoms with Crippen LogP contribution in [0.1, 0.15) is 43.6 Å². The number of hydrogen-bond donors (Lipinski definition) is 1. The van der Waals surface area contributed by atoms with Crippen LogP contribution in [0.5, 0.6) is 17.2 Å². The summed E-state index contributed by atoms with van der Waals surface area (Å²) in [4.78, 5) is 12.1. The summed E-state index contributed by atoms with van der Waals surface area (Å²) in [7, 11) is 0. The van der Waals surface area contributed by atoms with E-state index >= 15 is 0 Å². The molecule has 0 saturated heterocycles. The average molecular weight is 370 g/mol. The number of nitrogens with zero attached hydrogens (tertiary/aromatic N) is 1. The third kappa shape index (κ3) is 6.33. The third-order valence-corrected chi connectivity index (χ3v) is 3.44. The third-order valence-electron chi connectivity index (χ3n) is 3.44. The summed E-state index contributed by atoms with van der Waals surface area (Å²) >= 11 is 0. The Bertz CT molecular complexity index is 770. The van der Waals surface area contributed by atoms with Gasteiger partial charge in [-0.25, -0.2) is 5.43 Å². The highest BCUT2D eigenvalue weighted by atomic mass is 16.5. The van der Waals surface area contributed by atoms with Crippen molar-refractivity contribution in [3.8, 4) is 17.2 Å². The van der Waals surface area contributed by atoms with Crippen molar-refractivity contribution in [3.05, 3.63) is 53.6 Å². The Morgan fingerprint density at radius 3 is 2.37 bits per heavy atom. The van der Waals surface area contributed by atoms with Crippen molar-refractivity contribution in [3.63, 3.8) is 0 Å². The lowest BCUT2D eigenvalue weighted by molar-refractivity contribution is 0.0955. The molecule has 1 amide bonds. The van der Waals surface area contributed by atoms with Crippen molar-refractivity contribution in [1.82, 2.24) is 5.43 Å². The molecule has 0 bridgehead atoms. The van der Waals surface area contributed by atoms with Crippen LogP contribution in [0.2, 0.25) is 0 Å². The maximum absolute atomic E-state index is 12.1. The van der Waals surface area contributed by atoms with Gasteiger partial charge in [-0.1, -0.05) is 0 Å². The van der Waals surface area contributed by atoms with Gasteiger partial charge in [0.15, 0.2) is 11.5 Å². The molecule has 6 heteroatoms. The Kier molecular flexibility index (Phi) is 7.67. The number of carbonyl (C=O) groups excluding carboxylic acids is 1. The van der Waals surface area contributed by atoms with Gasteiger partial charge in [0.2, 0.25) is 0 Å². The molecule has 6 nitrogen and oxygen atoms in total. The lowest BCUT2D eigenvalue weighted by Crippen LogP contribution is -2.17. The highest BCUT2D eigenvalue weighted by Crippen LogP contribution is 2.28. The minimum absolute atomic E-state index is 0.0529. The predicted octanol–water partition coefficient (Wildman–Crippen LogP) is 4.04. The molecule has 0 heterocycles. The van der Waals surface area contributed by atoms with Gasteiger partial charge >= 0.3 is 0 Å². The van der Waals surface area contributed by atoms with Crippen LogP contribution in [0.4, 0.5) is 0 Å². The molecule has 0 aliphatic heterocycles. The van der Waals surface area contributed by atoms with Crippen LogP contribution in [0, 0.1) is 0 Å². The zero-order valence-corrected chi connectivity index (χ0v) is 16.2. The van der Waals surface area contributed by atoms with Gasteiger partial charge in [0.1, 0.15) is 5.75 Å². The van der Waals surface area contributed by atoms with Crippen LogP contribution in [0.3, 0.4) is 0 Å². The molecule has 2 aromatic carbocycles. The molecule has 0 fully saturated rings. The predicted molar refractivity (Wildman–Crippen MR) is 106 cm³/mol. The fraction of sp³-hybridized carbons (Fsp3) is 0.333. The van der Waals surface area contributed by atoms with Crippen molar-refractivity contribution in [2.75, 3.05) is 13.2 Å². The van der Waals surface area contributed by atoms with Crippen LogP contribution < -0.4 is 19.6 Å². The van der Waals surface area contributed by atoms with Gasteiger partial charge < -0.3 is 14.2 Å². The number of ether oxygens (including phenoxy) is 3. The monoisotopic (exact) mass is 370 g/mol. The Morgan fingerprint density at radius 1 is 1.04 bits per heavy atom. The summed E-state index contributed by atoms with van der Waals surface area (Å²) in [6.07, 6.45) is 1.62. The molecule has 0 unspecified atom stereocenters. The largest absolute Gasteiger partial charge is 0.494 e. The molecule has 0 radical (unpaired) electrons. The van der Waals surface area contributed by atoms with E-state index in [4.69, 9.17) is 14.2 Å². The first kappa shape index (κ1) is 20.3. The molecule has 27 heavy (non-hydrogen) atoms. The molecule has 0 aliphatic rings. The molecule has 0 atom stereocenters. The lowest BCUT2D eigenvalue weighted by atomic mass is 10.2. The zero-order chi connectivity index (χ0) is 19.6. The van der Waals surface area contributed by atoms with Crippen LogP contribution in [-0.4, -0.2) is 31.4 Å². The summed E-state index contributed by atoms with van der Waals surface area (Å²) in [6, 6.07) is 12.4. The van der Waals surface area contributed by atoms with Crippen molar-refractivity contribution in [2.24, 2.45) is 5.10 Å². The van der Waals surface area contributed by atoms with E-state index in [9.17, 15) is 4.79 Å². The van der Waals surface area contributed by atoms with Crippen LogP contribution >= 0.6 is 0 Å². The maximum atomic E-state index is 12.1. The minimum Gasteiger partial charge on any atom is -0.494 e. The van der Waals surface area contributed by atoms with Gasteiger partial charge in [-0.05, 0) is 75.7 Å². The van der Waals surface area contributed by atoms with E-state index in [1.165, 1.54) is 0 Å². The molecular weight excluding hydrogens is 344 g/mol. The molecule has 2 aromatic rings. The number of amides is 1. The molecule has 0 spiro atoms. The van der Waals surface area contributed by atoms with Gasteiger partial charge in [0.05, 0.1) is 25.5 Å². The summed E-state index contributed by atoms with van der Waals surface area (Å²) < 4.78 is 16.7. The Balaban J connectivity index is 2.02. The number of rotatable bonds is 9. The topological polar surface area (TPSA) is 69.2 Å². The zero-order valence-electron chi connectivity index (χ0n) is 16.2. The second-order valence-electron chi connectivity index (χ2n) is 5.96. The van der Waals surface area contributed by atoms with Gasteiger partial charge in [-0.3, -0.25) is 4.79 Å². The van der Waals surface area contributed by atoms with E-state index in [0.29, 0.717) is 30.3 Å². The summed E-state index contributed by atoms with van der Waals surface area (Å²) in [5.41, 5.74) is 3.81. The Morgan fingerprint density at radius 2 is 1.74 bits per heavy atom. The van der Waals surface area contributed by atoms with Gasteiger partial charge in [0, 0.05) is 5.56 Å². The van der Waals surface area contributed by atoms with E-state index in [0.717, 1.165) is 11.3 Å². The van der Waals surface area contributed by atoms with E-state index < -0.39 is 0 Å². The second kappa shape index (κ2) is 10.2. The molecular formula is C21H26N2O4. The maximum Gasteiger partial charge on any atom is 0.271 e. The van der Waals surface area contributed by atoms with Crippen LogP contribution in [-0.2, 0) is 0 Å². The van der Waals surface area contributed by atoms with Crippen LogP contribution in [0.15, 0.2) is 47.6 Å². The molecule has 144 valence electrons. The minimum atomic E-state index is -0.293. The SMILES string of the molecule is CCOc1ccc(C(=O)N/N=C\c2ccc(OC(C)C)c(OCC)c2)cc1. The normalized spacial score (nSPS) is 10.9. The number of hydrogen-bond acceptors (Lipinski definition) is 5. The van der Waals surface area contributed by atoms with Gasteiger partial charge in [-0.2, -0.15) is 5.10 Å². The number of hydrazone groups is 1. The number of nitrogens with one attached hydrogen (secondary N) is 1. The average Bonchev–Trinajstić information content (AvgIpc) is 2.64.